The fourth-order valence-electron chi connectivity index (χ4n) is 1.39. The van der Waals surface area contributed by atoms with Gasteiger partial charge < -0.3 is 5.73 Å². The molecule has 0 saturated heterocycles. The zero-order chi connectivity index (χ0) is 10.3. The van der Waals surface area contributed by atoms with E-state index in [1.54, 1.807) is 23.0 Å². The minimum atomic E-state index is 0.454. The maximum atomic E-state index is 5.70. The van der Waals surface area contributed by atoms with Crippen LogP contribution in [-0.4, -0.2) is 30.0 Å². The van der Waals surface area contributed by atoms with Crippen LogP contribution < -0.4 is 5.73 Å². The van der Waals surface area contributed by atoms with Crippen molar-refractivity contribution in [3.8, 4) is 11.4 Å². The van der Waals surface area contributed by atoms with Crippen LogP contribution in [0.4, 0.5) is 5.82 Å². The first kappa shape index (κ1) is 7.92. The highest BCUT2D eigenvalue weighted by Crippen LogP contribution is 2.20. The van der Waals surface area contributed by atoms with Gasteiger partial charge in [0.15, 0.2) is 11.5 Å². The Labute approximate surface area is 83.9 Å². The average molecular weight is 201 g/mol. The van der Waals surface area contributed by atoms with Crippen LogP contribution in [0, 0.1) is 0 Å². The van der Waals surface area contributed by atoms with E-state index in [1.165, 1.54) is 0 Å². The molecule has 7 heteroatoms. The van der Waals surface area contributed by atoms with Crippen LogP contribution >= 0.6 is 0 Å². The predicted octanol–water partition coefficient (Wildman–Crippen LogP) is 0.0966. The number of H-pyrrole nitrogens is 1. The van der Waals surface area contributed by atoms with E-state index in [-0.39, 0.29) is 0 Å². The minimum absolute atomic E-state index is 0.454. The van der Waals surface area contributed by atoms with Crippen LogP contribution in [0.5, 0.6) is 0 Å². The number of aromatic nitrogens is 6. The van der Waals surface area contributed by atoms with Crippen molar-refractivity contribution in [1.29, 1.82) is 0 Å². The van der Waals surface area contributed by atoms with Gasteiger partial charge >= 0.3 is 0 Å². The van der Waals surface area contributed by atoms with Gasteiger partial charge in [0.05, 0.1) is 11.8 Å². The van der Waals surface area contributed by atoms with Crippen LogP contribution in [0.25, 0.3) is 17.0 Å². The molecular formula is C8H7N7. The largest absolute Gasteiger partial charge is 0.383 e. The van der Waals surface area contributed by atoms with Crippen LogP contribution in [0.2, 0.25) is 0 Å². The van der Waals surface area contributed by atoms with E-state index < -0.39 is 0 Å². The van der Waals surface area contributed by atoms with E-state index in [0.29, 0.717) is 22.9 Å². The molecule has 0 aromatic carbocycles. The first-order chi connectivity index (χ1) is 7.36. The summed E-state index contributed by atoms with van der Waals surface area (Å²) in [6.45, 7) is 0. The van der Waals surface area contributed by atoms with Gasteiger partial charge in [-0.05, 0) is 12.1 Å². The maximum absolute atomic E-state index is 5.70. The highest BCUT2D eigenvalue weighted by atomic mass is 15.4. The Balaban J connectivity index is 2.32. The van der Waals surface area contributed by atoms with E-state index in [0.717, 1.165) is 0 Å². The molecule has 0 aliphatic rings. The highest BCUT2D eigenvalue weighted by Gasteiger charge is 2.12. The number of hydrogen-bond donors (Lipinski definition) is 2. The molecule has 0 aliphatic carbocycles. The van der Waals surface area contributed by atoms with Crippen molar-refractivity contribution in [3.05, 3.63) is 24.5 Å². The highest BCUT2D eigenvalue weighted by molar-refractivity contribution is 5.68. The molecule has 0 bridgehead atoms. The molecule has 3 aromatic rings. The fraction of sp³-hybridized carbons (Fsp3) is 0. The summed E-state index contributed by atoms with van der Waals surface area (Å²) in [6, 6.07) is 3.62. The molecule has 74 valence electrons. The SMILES string of the molecule is Nc1[nH]ncc1-c1nnc2cccnn12. The Morgan fingerprint density at radius 3 is 3.07 bits per heavy atom. The Morgan fingerprint density at radius 1 is 1.33 bits per heavy atom. The van der Waals surface area contributed by atoms with Crippen LogP contribution in [0.1, 0.15) is 0 Å². The maximum Gasteiger partial charge on any atom is 0.190 e. The van der Waals surface area contributed by atoms with Gasteiger partial charge in [-0.1, -0.05) is 0 Å². The Hall–Kier alpha value is -2.44. The topological polar surface area (TPSA) is 97.8 Å². The molecule has 15 heavy (non-hydrogen) atoms. The van der Waals surface area contributed by atoms with Crippen molar-refractivity contribution in [1.82, 2.24) is 30.0 Å². The first-order valence-corrected chi connectivity index (χ1v) is 4.32. The molecular weight excluding hydrogens is 194 g/mol. The van der Waals surface area contributed by atoms with Crippen molar-refractivity contribution in [2.24, 2.45) is 0 Å². The number of nitrogen functional groups attached to an aromatic ring is 1. The van der Waals surface area contributed by atoms with E-state index in [4.69, 9.17) is 5.73 Å². The lowest BCUT2D eigenvalue weighted by Gasteiger charge is -1.95. The summed E-state index contributed by atoms with van der Waals surface area (Å²) >= 11 is 0. The molecule has 0 unspecified atom stereocenters. The molecule has 0 atom stereocenters. The summed E-state index contributed by atoms with van der Waals surface area (Å²) < 4.78 is 1.61. The van der Waals surface area contributed by atoms with Crippen molar-refractivity contribution in [3.63, 3.8) is 0 Å². The summed E-state index contributed by atoms with van der Waals surface area (Å²) in [5, 5.41) is 18.6. The quantitative estimate of drug-likeness (QED) is 0.581. The summed E-state index contributed by atoms with van der Waals surface area (Å²) in [4.78, 5) is 0. The summed E-state index contributed by atoms with van der Waals surface area (Å²) in [6.07, 6.45) is 3.26. The second-order valence-electron chi connectivity index (χ2n) is 3.01. The van der Waals surface area contributed by atoms with Gasteiger partial charge in [0, 0.05) is 6.20 Å². The standard InChI is InChI=1S/C8H7N7/c9-7-5(4-10-13-7)8-14-12-6-2-1-3-11-15(6)8/h1-4H,(H3,9,10,13). The van der Waals surface area contributed by atoms with E-state index >= 15 is 0 Å². The lowest BCUT2D eigenvalue weighted by atomic mass is 10.3. The number of fused-ring (bicyclic) bond motifs is 1. The molecule has 3 rings (SSSR count). The first-order valence-electron chi connectivity index (χ1n) is 4.32. The van der Waals surface area contributed by atoms with Gasteiger partial charge in [-0.2, -0.15) is 14.7 Å². The van der Waals surface area contributed by atoms with Crippen LogP contribution in [0.15, 0.2) is 24.5 Å². The smallest absolute Gasteiger partial charge is 0.190 e. The van der Waals surface area contributed by atoms with Crippen molar-refractivity contribution >= 4 is 11.5 Å². The third-order valence-corrected chi connectivity index (χ3v) is 2.09. The molecule has 3 heterocycles. The zero-order valence-electron chi connectivity index (χ0n) is 7.62. The number of hydrogen-bond acceptors (Lipinski definition) is 5. The number of nitrogens with one attached hydrogen (secondary N) is 1. The molecule has 0 fully saturated rings. The van der Waals surface area contributed by atoms with Crippen LogP contribution in [-0.2, 0) is 0 Å². The molecule has 0 spiro atoms. The summed E-state index contributed by atoms with van der Waals surface area (Å²) in [5.41, 5.74) is 7.07. The molecule has 3 N–H and O–H groups in total. The van der Waals surface area contributed by atoms with Crippen molar-refractivity contribution in [2.75, 3.05) is 5.73 Å². The van der Waals surface area contributed by atoms with E-state index in [1.807, 2.05) is 6.07 Å². The molecule has 3 aromatic heterocycles. The monoisotopic (exact) mass is 201 g/mol. The number of anilines is 1. The number of aromatic amines is 1. The van der Waals surface area contributed by atoms with E-state index in [2.05, 4.69) is 25.5 Å². The van der Waals surface area contributed by atoms with E-state index in [9.17, 15) is 0 Å². The Kier molecular flexibility index (Phi) is 1.46. The predicted molar refractivity (Wildman–Crippen MR) is 52.8 cm³/mol. The molecule has 0 saturated carbocycles. The second kappa shape index (κ2) is 2.77. The molecule has 0 radical (unpaired) electrons. The Bertz CT molecular complexity index is 608. The molecule has 0 amide bonds. The van der Waals surface area contributed by atoms with Crippen molar-refractivity contribution in [2.45, 2.75) is 0 Å². The third-order valence-electron chi connectivity index (χ3n) is 2.09. The summed E-state index contributed by atoms with van der Waals surface area (Å²) in [7, 11) is 0. The molecule has 0 aliphatic heterocycles. The normalized spacial score (nSPS) is 10.9. The Morgan fingerprint density at radius 2 is 2.27 bits per heavy atom. The fourth-order valence-corrected chi connectivity index (χ4v) is 1.39. The van der Waals surface area contributed by atoms with Gasteiger partial charge in [-0.15, -0.1) is 10.2 Å². The van der Waals surface area contributed by atoms with Crippen LogP contribution in [0.3, 0.4) is 0 Å². The second-order valence-corrected chi connectivity index (χ2v) is 3.01. The average Bonchev–Trinajstić information content (AvgIpc) is 2.83. The molecule has 7 nitrogen and oxygen atoms in total. The number of nitrogens with two attached hydrogens (primary N) is 1. The van der Waals surface area contributed by atoms with Crippen molar-refractivity contribution < 1.29 is 0 Å². The van der Waals surface area contributed by atoms with Gasteiger partial charge in [-0.3, -0.25) is 5.10 Å². The minimum Gasteiger partial charge on any atom is -0.383 e. The lowest BCUT2D eigenvalue weighted by molar-refractivity contribution is 0.936. The van der Waals surface area contributed by atoms with Gasteiger partial charge in [0.25, 0.3) is 0 Å². The lowest BCUT2D eigenvalue weighted by Crippen LogP contribution is -1.95. The third kappa shape index (κ3) is 1.06. The number of nitrogens with zero attached hydrogens (tertiary/aromatic N) is 5. The van der Waals surface area contributed by atoms with Gasteiger partial charge in [-0.25, -0.2) is 0 Å². The van der Waals surface area contributed by atoms with Gasteiger partial charge in [0.2, 0.25) is 0 Å². The number of rotatable bonds is 1. The zero-order valence-corrected chi connectivity index (χ0v) is 7.62. The van der Waals surface area contributed by atoms with Gasteiger partial charge in [0.1, 0.15) is 5.82 Å². The summed E-state index contributed by atoms with van der Waals surface area (Å²) in [5.74, 6) is 1.03.